The lowest BCUT2D eigenvalue weighted by atomic mass is 9.68. The monoisotopic (exact) mass is 754 g/mol. The summed E-state index contributed by atoms with van der Waals surface area (Å²) in [6, 6.07) is 11.3. The molecular weight excluding hydrogens is 704 g/mol. The smallest absolute Gasteiger partial charge is 0.410 e. The minimum absolute atomic E-state index is 0.0303. The van der Waals surface area contributed by atoms with Gasteiger partial charge in [0.25, 0.3) is 15.9 Å². The molecule has 1 N–H and O–H groups in total. The van der Waals surface area contributed by atoms with Crippen LogP contribution in [-0.4, -0.2) is 100 Å². The van der Waals surface area contributed by atoms with E-state index in [1.54, 1.807) is 23.1 Å². The van der Waals surface area contributed by atoms with Crippen molar-refractivity contribution in [2.75, 3.05) is 57.4 Å². The summed E-state index contributed by atoms with van der Waals surface area (Å²) in [4.78, 5) is 33.4. The number of carbonyl (C=O) groups is 2. The number of halogens is 1. The third kappa shape index (κ3) is 7.41. The maximum atomic E-state index is 13.7. The number of nitrogens with one attached hydrogen (secondary N) is 1. The first-order valence-electron chi connectivity index (χ1n) is 18.6. The Morgan fingerprint density at radius 3 is 2.60 bits per heavy atom. The van der Waals surface area contributed by atoms with Crippen LogP contribution in [0.2, 0.25) is 5.02 Å². The molecule has 0 radical (unpaired) electrons. The average molecular weight is 755 g/mol. The van der Waals surface area contributed by atoms with Crippen LogP contribution in [0.25, 0.3) is 0 Å². The Labute approximate surface area is 312 Å². The fourth-order valence-corrected chi connectivity index (χ4v) is 9.81. The van der Waals surface area contributed by atoms with E-state index in [0.717, 1.165) is 45.2 Å². The molecule has 1 saturated carbocycles. The highest BCUT2D eigenvalue weighted by atomic mass is 35.5. The van der Waals surface area contributed by atoms with Gasteiger partial charge in [-0.2, -0.15) is 0 Å². The Kier molecular flexibility index (Phi) is 10.3. The minimum atomic E-state index is -4.24. The molecule has 1 spiro atoms. The molecule has 52 heavy (non-hydrogen) atoms. The summed E-state index contributed by atoms with van der Waals surface area (Å²) in [6.07, 6.45) is 7.47. The van der Waals surface area contributed by atoms with E-state index in [-0.39, 0.29) is 34.8 Å². The molecule has 3 heterocycles. The van der Waals surface area contributed by atoms with Gasteiger partial charge in [-0.3, -0.25) is 9.69 Å². The summed E-state index contributed by atoms with van der Waals surface area (Å²) in [6.45, 7) is 11.9. The summed E-state index contributed by atoms with van der Waals surface area (Å²) in [5, 5.41) is 0.705. The molecule has 0 aromatic heterocycles. The van der Waals surface area contributed by atoms with Gasteiger partial charge < -0.3 is 24.0 Å². The number of piperazine rings is 1. The zero-order chi connectivity index (χ0) is 36.8. The highest BCUT2D eigenvalue weighted by Crippen LogP contribution is 2.47. The molecule has 2 aromatic rings. The molecule has 2 aromatic carbocycles. The summed E-state index contributed by atoms with van der Waals surface area (Å²) >= 11 is 6.45. The van der Waals surface area contributed by atoms with Gasteiger partial charge in [-0.05, 0) is 113 Å². The van der Waals surface area contributed by atoms with Gasteiger partial charge in [-0.25, -0.2) is 17.9 Å². The summed E-state index contributed by atoms with van der Waals surface area (Å²) < 4.78 is 48.4. The molecule has 2 bridgehead atoms. The number of aryl methyl sites for hydroxylation is 1. The van der Waals surface area contributed by atoms with Gasteiger partial charge in [0.2, 0.25) is 0 Å². The minimum Gasteiger partial charge on any atom is -0.490 e. The van der Waals surface area contributed by atoms with Crippen LogP contribution in [0.5, 0.6) is 5.75 Å². The molecule has 1 saturated heterocycles. The van der Waals surface area contributed by atoms with Crippen LogP contribution in [-0.2, 0) is 36.1 Å². The highest BCUT2D eigenvalue weighted by Gasteiger charge is 2.45. The van der Waals surface area contributed by atoms with Crippen molar-refractivity contribution < 1.29 is 32.2 Å². The number of sulfonamides is 1. The van der Waals surface area contributed by atoms with Crippen LogP contribution in [0.4, 0.5) is 10.5 Å². The Hall–Kier alpha value is -3.32. The third-order valence-corrected chi connectivity index (χ3v) is 13.4. The predicted octanol–water partition coefficient (Wildman–Crippen LogP) is 5.54. The van der Waals surface area contributed by atoms with Crippen molar-refractivity contribution in [3.8, 4) is 5.75 Å². The Morgan fingerprint density at radius 1 is 1.08 bits per heavy atom. The van der Waals surface area contributed by atoms with Gasteiger partial charge in [0.05, 0.1) is 23.8 Å². The van der Waals surface area contributed by atoms with Gasteiger partial charge in [-0.15, -0.1) is 0 Å². The lowest BCUT2D eigenvalue weighted by molar-refractivity contribution is -0.139. The molecule has 2 amide bonds. The molecule has 5 aliphatic rings. The summed E-state index contributed by atoms with van der Waals surface area (Å²) in [5.41, 5.74) is 1.28. The fraction of sp³-hybridized carbons (Fsp3) is 0.590. The highest BCUT2D eigenvalue weighted by molar-refractivity contribution is 7.90. The molecular formula is C39H51ClN4O7S. The number of carbonyl (C=O) groups excluding carboxylic acids is 2. The zero-order valence-corrected chi connectivity index (χ0v) is 32.2. The molecule has 2 aliphatic carbocycles. The number of anilines is 1. The van der Waals surface area contributed by atoms with E-state index in [0.29, 0.717) is 55.3 Å². The maximum Gasteiger partial charge on any atom is 0.410 e. The Balaban J connectivity index is 1.24. The van der Waals surface area contributed by atoms with Gasteiger partial charge in [0, 0.05) is 61.7 Å². The fourth-order valence-electron chi connectivity index (χ4n) is 8.49. The van der Waals surface area contributed by atoms with Crippen molar-refractivity contribution in [1.82, 2.24) is 14.5 Å². The van der Waals surface area contributed by atoms with E-state index >= 15 is 0 Å². The number of benzene rings is 2. The second kappa shape index (κ2) is 14.5. The average Bonchev–Trinajstić information content (AvgIpc) is 3.24. The van der Waals surface area contributed by atoms with Crippen LogP contribution in [0.3, 0.4) is 0 Å². The zero-order valence-electron chi connectivity index (χ0n) is 30.6. The molecule has 3 aliphatic heterocycles. The van der Waals surface area contributed by atoms with E-state index in [1.807, 2.05) is 12.1 Å². The van der Waals surface area contributed by atoms with E-state index in [4.69, 9.17) is 25.8 Å². The summed E-state index contributed by atoms with van der Waals surface area (Å²) in [5.74, 6) is -0.00148. The van der Waals surface area contributed by atoms with Crippen LogP contribution in [0.15, 0.2) is 53.4 Å². The molecule has 7 rings (SSSR count). The number of rotatable bonds is 2. The lowest BCUT2D eigenvalue weighted by Gasteiger charge is -2.46. The van der Waals surface area contributed by atoms with Gasteiger partial charge >= 0.3 is 6.09 Å². The first-order chi connectivity index (χ1) is 24.7. The van der Waals surface area contributed by atoms with Crippen molar-refractivity contribution in [2.45, 2.75) is 87.9 Å². The summed E-state index contributed by atoms with van der Waals surface area (Å²) in [7, 11) is -4.24. The second-order valence-electron chi connectivity index (χ2n) is 15.9. The number of ether oxygens (including phenoxy) is 3. The first kappa shape index (κ1) is 37.0. The lowest BCUT2D eigenvalue weighted by Crippen LogP contribution is -2.52. The number of fused-ring (bicyclic) bond motifs is 4. The molecule has 2 fully saturated rings. The molecule has 11 nitrogen and oxygen atoms in total. The molecule has 13 heteroatoms. The van der Waals surface area contributed by atoms with Crippen molar-refractivity contribution in [1.29, 1.82) is 0 Å². The predicted molar refractivity (Wildman–Crippen MR) is 199 cm³/mol. The molecule has 4 atom stereocenters. The van der Waals surface area contributed by atoms with E-state index in [1.165, 1.54) is 31.0 Å². The maximum absolute atomic E-state index is 13.7. The number of amides is 2. The SMILES string of the molecule is CC(C)N1CCN(C(=O)O[C@H]2/C=C/COC(C)(C)C(=O)NS(=O)(=O)c3ccc4c(c3)N(C[C@@H]3CC[C@H]32)C[C@@]2(CCCc3cc(Cl)ccc32)CO4)CC1. The Bertz CT molecular complexity index is 1830. The first-order valence-corrected chi connectivity index (χ1v) is 20.5. The number of hydrogen-bond acceptors (Lipinski definition) is 9. The third-order valence-electron chi connectivity index (χ3n) is 11.9. The van der Waals surface area contributed by atoms with Gasteiger partial charge in [-0.1, -0.05) is 23.7 Å². The van der Waals surface area contributed by atoms with Crippen LogP contribution >= 0.6 is 11.6 Å². The van der Waals surface area contributed by atoms with E-state index in [9.17, 15) is 18.0 Å². The number of nitrogens with zero attached hydrogens (tertiary/aromatic N) is 3. The van der Waals surface area contributed by atoms with Crippen molar-refractivity contribution in [3.63, 3.8) is 0 Å². The van der Waals surface area contributed by atoms with E-state index in [2.05, 4.69) is 40.5 Å². The van der Waals surface area contributed by atoms with Crippen molar-refractivity contribution in [3.05, 3.63) is 64.7 Å². The number of hydrogen-bond donors (Lipinski definition) is 1. The molecule has 282 valence electrons. The van der Waals surface area contributed by atoms with Gasteiger partial charge in [0.15, 0.2) is 0 Å². The largest absolute Gasteiger partial charge is 0.490 e. The van der Waals surface area contributed by atoms with Crippen molar-refractivity contribution in [2.24, 2.45) is 11.8 Å². The quantitative estimate of drug-likeness (QED) is 0.395. The van der Waals surface area contributed by atoms with Crippen molar-refractivity contribution >= 4 is 39.3 Å². The van der Waals surface area contributed by atoms with Gasteiger partial charge in [0.1, 0.15) is 17.5 Å². The van der Waals surface area contributed by atoms with Crippen LogP contribution in [0, 0.1) is 11.8 Å². The normalized spacial score (nSPS) is 29.5. The second-order valence-corrected chi connectivity index (χ2v) is 18.0. The topological polar surface area (TPSA) is 118 Å². The standard InChI is InChI=1S/C39H51ClN4O7S/c1-26(2)42-16-18-43(19-17-42)37(46)51-34-8-6-20-50-38(3,4)36(45)41-52(47,48)30-11-14-35-33(22-30)44(23-28-9-12-31(28)34)24-39(25-49-35)15-5-7-27-21-29(40)10-13-32(27)39/h6,8,10-11,13-14,21-22,26,28,31,34H,5,7,9,12,15-20,23-25H2,1-4H3,(H,41,45)/b8-6+/t28-,31+,34-,39-/m0/s1. The van der Waals surface area contributed by atoms with Crippen LogP contribution < -0.4 is 14.4 Å². The van der Waals surface area contributed by atoms with Crippen LogP contribution in [0.1, 0.15) is 64.5 Å². The van der Waals surface area contributed by atoms with E-state index < -0.39 is 27.6 Å². The molecule has 0 unspecified atom stereocenters. The Morgan fingerprint density at radius 2 is 1.87 bits per heavy atom.